The van der Waals surface area contributed by atoms with E-state index in [1.807, 2.05) is 34.9 Å². The molecule has 8 heteroatoms. The second-order valence-corrected chi connectivity index (χ2v) is 5.88. The van der Waals surface area contributed by atoms with E-state index in [0.717, 1.165) is 11.3 Å². The van der Waals surface area contributed by atoms with Crippen LogP contribution in [0.3, 0.4) is 0 Å². The number of aromatic nitrogens is 5. The maximum atomic E-state index is 8.80. The molecule has 0 saturated heterocycles. The van der Waals surface area contributed by atoms with E-state index in [9.17, 15) is 0 Å². The van der Waals surface area contributed by atoms with E-state index >= 15 is 0 Å². The minimum absolute atomic E-state index is 0.272. The summed E-state index contributed by atoms with van der Waals surface area (Å²) in [4.78, 5) is 8.22. The molecule has 0 amide bonds. The highest BCUT2D eigenvalue weighted by Gasteiger charge is 2.15. The first kappa shape index (κ1) is 16.7. The molecule has 0 atom stereocenters. The summed E-state index contributed by atoms with van der Waals surface area (Å²) in [6.45, 7) is 4.35. The van der Waals surface area contributed by atoms with Gasteiger partial charge in [0.05, 0.1) is 19.5 Å². The number of hydrogen-bond acceptors (Lipinski definition) is 7. The van der Waals surface area contributed by atoms with Gasteiger partial charge in [-0.25, -0.2) is 9.97 Å². The normalized spacial score (nSPS) is 10.2. The number of nitrogens with zero attached hydrogens (tertiary/aromatic N) is 6. The first-order valence-electron chi connectivity index (χ1n) is 7.33. The van der Waals surface area contributed by atoms with Crippen LogP contribution >= 0.6 is 11.8 Å². The summed E-state index contributed by atoms with van der Waals surface area (Å²) >= 11 is 1.33. The van der Waals surface area contributed by atoms with Gasteiger partial charge in [0.15, 0.2) is 16.7 Å². The van der Waals surface area contributed by atoms with E-state index in [-0.39, 0.29) is 5.69 Å². The number of ether oxygens (including phenoxy) is 1. The molecule has 124 valence electrons. The van der Waals surface area contributed by atoms with Crippen molar-refractivity contribution in [3.05, 3.63) is 55.0 Å². The third-order valence-corrected chi connectivity index (χ3v) is 4.20. The minimum Gasteiger partial charge on any atom is -0.497 e. The first-order chi connectivity index (χ1) is 12.2. The standard InChI is InChI=1S/C17H14N6OS/c1-3-7-23-16(12-5-4-6-14(8-12)24-2)21-22-17(23)25-15-11-19-13(9-18)10-20-15/h3-6,8,10-11H,1,7H2,2H3. The highest BCUT2D eigenvalue weighted by molar-refractivity contribution is 7.99. The molecule has 25 heavy (non-hydrogen) atoms. The highest BCUT2D eigenvalue weighted by Crippen LogP contribution is 2.29. The Balaban J connectivity index is 1.96. The van der Waals surface area contributed by atoms with E-state index in [2.05, 4.69) is 26.7 Å². The van der Waals surface area contributed by atoms with Crippen LogP contribution in [-0.4, -0.2) is 31.8 Å². The number of methoxy groups -OCH3 is 1. The zero-order chi connectivity index (χ0) is 17.6. The van der Waals surface area contributed by atoms with Gasteiger partial charge < -0.3 is 4.74 Å². The zero-order valence-electron chi connectivity index (χ0n) is 13.5. The molecule has 0 radical (unpaired) electrons. The van der Waals surface area contributed by atoms with Crippen molar-refractivity contribution >= 4 is 11.8 Å². The molecule has 0 saturated carbocycles. The monoisotopic (exact) mass is 350 g/mol. The Bertz CT molecular complexity index is 929. The molecule has 1 aromatic carbocycles. The Morgan fingerprint density at radius 1 is 1.32 bits per heavy atom. The largest absolute Gasteiger partial charge is 0.497 e. The lowest BCUT2D eigenvalue weighted by atomic mass is 10.2. The molecule has 0 N–H and O–H groups in total. The van der Waals surface area contributed by atoms with Crippen molar-refractivity contribution in [3.8, 4) is 23.2 Å². The molecule has 0 aliphatic heterocycles. The van der Waals surface area contributed by atoms with Crippen molar-refractivity contribution in [1.29, 1.82) is 5.26 Å². The number of hydrogen-bond donors (Lipinski definition) is 0. The molecular weight excluding hydrogens is 336 g/mol. The molecular formula is C17H14N6OS. The quantitative estimate of drug-likeness (QED) is 0.631. The van der Waals surface area contributed by atoms with Gasteiger partial charge in [-0.1, -0.05) is 18.2 Å². The van der Waals surface area contributed by atoms with Crippen molar-refractivity contribution < 1.29 is 4.74 Å². The lowest BCUT2D eigenvalue weighted by Gasteiger charge is -2.08. The van der Waals surface area contributed by atoms with Crippen molar-refractivity contribution in [3.63, 3.8) is 0 Å². The second kappa shape index (κ2) is 7.59. The van der Waals surface area contributed by atoms with Gasteiger partial charge in [0.1, 0.15) is 16.8 Å². The van der Waals surface area contributed by atoms with Gasteiger partial charge in [-0.05, 0) is 23.9 Å². The molecule has 0 spiro atoms. The molecule has 3 rings (SSSR count). The molecule has 0 fully saturated rings. The predicted octanol–water partition coefficient (Wildman–Crippen LogP) is 2.95. The molecule has 0 bridgehead atoms. The molecule has 2 aromatic heterocycles. The summed E-state index contributed by atoms with van der Waals surface area (Å²) < 4.78 is 7.21. The SMILES string of the molecule is C=CCn1c(Sc2cnc(C#N)cn2)nnc1-c1cccc(OC)c1. The van der Waals surface area contributed by atoms with E-state index < -0.39 is 0 Å². The van der Waals surface area contributed by atoms with Crippen LogP contribution in [0.2, 0.25) is 0 Å². The van der Waals surface area contributed by atoms with Crippen LogP contribution in [0.1, 0.15) is 5.69 Å². The fourth-order valence-electron chi connectivity index (χ4n) is 2.15. The third kappa shape index (κ3) is 3.67. The molecule has 0 aliphatic carbocycles. The first-order valence-corrected chi connectivity index (χ1v) is 8.15. The number of nitriles is 1. The van der Waals surface area contributed by atoms with Crippen LogP contribution in [0.4, 0.5) is 0 Å². The average Bonchev–Trinajstić information content (AvgIpc) is 3.05. The van der Waals surface area contributed by atoms with Crippen LogP contribution in [0.5, 0.6) is 5.75 Å². The molecule has 3 aromatic rings. The van der Waals surface area contributed by atoms with Gasteiger partial charge in [0.25, 0.3) is 0 Å². The van der Waals surface area contributed by atoms with E-state index in [4.69, 9.17) is 10.00 Å². The maximum Gasteiger partial charge on any atom is 0.198 e. The predicted molar refractivity (Wildman–Crippen MR) is 93.1 cm³/mol. The van der Waals surface area contributed by atoms with Crippen molar-refractivity contribution in [1.82, 2.24) is 24.7 Å². The van der Waals surface area contributed by atoms with E-state index in [0.29, 0.717) is 22.6 Å². The Kier molecular flexibility index (Phi) is 5.06. The summed E-state index contributed by atoms with van der Waals surface area (Å²) in [6.07, 6.45) is 4.75. The van der Waals surface area contributed by atoms with Gasteiger partial charge >= 0.3 is 0 Å². The van der Waals surface area contributed by atoms with Crippen LogP contribution in [0, 0.1) is 11.3 Å². The van der Waals surface area contributed by atoms with Crippen molar-refractivity contribution in [2.45, 2.75) is 16.7 Å². The zero-order valence-corrected chi connectivity index (χ0v) is 14.3. The Labute approximate surface area is 149 Å². The average molecular weight is 350 g/mol. The van der Waals surface area contributed by atoms with Gasteiger partial charge in [-0.2, -0.15) is 5.26 Å². The highest BCUT2D eigenvalue weighted by atomic mass is 32.2. The number of benzene rings is 1. The van der Waals surface area contributed by atoms with E-state index in [1.165, 1.54) is 18.0 Å². The fraction of sp³-hybridized carbons (Fsp3) is 0.118. The van der Waals surface area contributed by atoms with E-state index in [1.54, 1.807) is 19.4 Å². The Hall–Kier alpha value is -3.18. The fourth-order valence-corrected chi connectivity index (χ4v) is 2.90. The Morgan fingerprint density at radius 3 is 2.88 bits per heavy atom. The maximum absolute atomic E-state index is 8.80. The second-order valence-electron chi connectivity index (χ2n) is 4.89. The lowest BCUT2D eigenvalue weighted by Crippen LogP contribution is -2.01. The smallest absolute Gasteiger partial charge is 0.198 e. The third-order valence-electron chi connectivity index (χ3n) is 3.30. The van der Waals surface area contributed by atoms with Crippen molar-refractivity contribution in [2.24, 2.45) is 0 Å². The summed E-state index contributed by atoms with van der Waals surface area (Å²) in [5.74, 6) is 1.46. The number of allylic oxidation sites excluding steroid dienone is 1. The minimum atomic E-state index is 0.272. The topological polar surface area (TPSA) is 89.5 Å². The van der Waals surface area contributed by atoms with Crippen molar-refractivity contribution in [2.75, 3.05) is 7.11 Å². The van der Waals surface area contributed by atoms with Crippen LogP contribution in [0.25, 0.3) is 11.4 Å². The van der Waals surface area contributed by atoms with Crippen LogP contribution in [0.15, 0.2) is 59.5 Å². The Morgan fingerprint density at radius 2 is 2.20 bits per heavy atom. The van der Waals surface area contributed by atoms with Gasteiger partial charge in [-0.3, -0.25) is 4.57 Å². The van der Waals surface area contributed by atoms with Crippen LogP contribution < -0.4 is 4.74 Å². The molecule has 0 unspecified atom stereocenters. The van der Waals surface area contributed by atoms with Gasteiger partial charge in [0.2, 0.25) is 0 Å². The van der Waals surface area contributed by atoms with Crippen LogP contribution in [-0.2, 0) is 6.54 Å². The van der Waals surface area contributed by atoms with Gasteiger partial charge in [0, 0.05) is 12.1 Å². The summed E-state index contributed by atoms with van der Waals surface area (Å²) in [5.41, 5.74) is 1.17. The molecule has 7 nitrogen and oxygen atoms in total. The summed E-state index contributed by atoms with van der Waals surface area (Å²) in [5, 5.41) is 18.7. The lowest BCUT2D eigenvalue weighted by molar-refractivity contribution is 0.415. The van der Waals surface area contributed by atoms with Gasteiger partial charge in [-0.15, -0.1) is 16.8 Å². The molecule has 0 aliphatic rings. The number of rotatable bonds is 6. The summed E-state index contributed by atoms with van der Waals surface area (Å²) in [6, 6.07) is 9.57. The summed E-state index contributed by atoms with van der Waals surface area (Å²) in [7, 11) is 1.62. The molecule has 2 heterocycles.